The minimum absolute atomic E-state index is 0.0523. The van der Waals surface area contributed by atoms with Crippen LogP contribution < -0.4 is 15.8 Å². The number of nitrogens with one attached hydrogen (secondary N) is 2. The third kappa shape index (κ3) is 6.35. The summed E-state index contributed by atoms with van der Waals surface area (Å²) in [5.41, 5.74) is 6.96. The summed E-state index contributed by atoms with van der Waals surface area (Å²) in [5.74, 6) is -2.65. The normalized spacial score (nSPS) is 23.4. The van der Waals surface area contributed by atoms with E-state index in [0.29, 0.717) is 31.7 Å². The Labute approximate surface area is 235 Å². The average Bonchev–Trinajstić information content (AvgIpc) is 3.34. The summed E-state index contributed by atoms with van der Waals surface area (Å²) < 4.78 is 47.4. The second-order valence-corrected chi connectivity index (χ2v) is 10.1. The number of aromatic nitrogens is 1. The molecule has 0 radical (unpaired) electrons. The van der Waals surface area contributed by atoms with Gasteiger partial charge in [-0.3, -0.25) is 19.9 Å². The third-order valence-corrected chi connectivity index (χ3v) is 7.68. The van der Waals surface area contributed by atoms with Crippen LogP contribution in [0.4, 0.5) is 19.0 Å². The number of rotatable bonds is 7. The molecule has 216 valence electrons. The number of alkyl halides is 3. The molecule has 3 aliphatic heterocycles. The summed E-state index contributed by atoms with van der Waals surface area (Å²) in [6.45, 7) is 2.69. The van der Waals surface area contributed by atoms with Gasteiger partial charge < -0.3 is 14.5 Å². The van der Waals surface area contributed by atoms with Gasteiger partial charge in [0, 0.05) is 57.6 Å². The summed E-state index contributed by atoms with van der Waals surface area (Å²) in [6.07, 6.45) is -0.109. The molecule has 2 fully saturated rings. The van der Waals surface area contributed by atoms with Crippen LogP contribution in [0.3, 0.4) is 0 Å². The molecule has 10 nitrogen and oxygen atoms in total. The average molecular weight is 570 g/mol. The Bertz CT molecular complexity index is 1320. The first-order chi connectivity index (χ1) is 19.8. The van der Waals surface area contributed by atoms with Crippen LogP contribution >= 0.6 is 0 Å². The Kier molecular flexibility index (Phi) is 8.53. The molecule has 2 N–H and O–H groups in total. The highest BCUT2D eigenvalue weighted by atomic mass is 19.4. The molecule has 2 aromatic rings. The van der Waals surface area contributed by atoms with Gasteiger partial charge in [-0.25, -0.2) is 10.4 Å². The Morgan fingerprint density at radius 1 is 1.17 bits per heavy atom. The monoisotopic (exact) mass is 569 g/mol. The number of nitrogens with zero attached hydrogens (tertiary/aromatic N) is 5. The minimum atomic E-state index is -4.69. The van der Waals surface area contributed by atoms with Crippen molar-refractivity contribution in [1.82, 2.24) is 25.6 Å². The molecule has 0 aliphatic carbocycles. The van der Waals surface area contributed by atoms with Gasteiger partial charge in [0.1, 0.15) is 11.9 Å². The van der Waals surface area contributed by atoms with Gasteiger partial charge in [0.25, 0.3) is 0 Å². The molecule has 5 rings (SSSR count). The van der Waals surface area contributed by atoms with Crippen molar-refractivity contribution in [3.8, 4) is 6.07 Å². The van der Waals surface area contributed by atoms with E-state index >= 15 is 0 Å². The molecule has 2 amide bonds. The zero-order valence-corrected chi connectivity index (χ0v) is 22.2. The number of hydrogen-bond acceptors (Lipinski definition) is 8. The fraction of sp³-hybridized carbons (Fsp3) is 0.429. The number of carbonyl (C=O) groups excluding carboxylic acids is 2. The molecule has 4 heterocycles. The van der Waals surface area contributed by atoms with Crippen LogP contribution in [0.2, 0.25) is 0 Å². The fourth-order valence-corrected chi connectivity index (χ4v) is 5.61. The molecule has 0 spiro atoms. The topological polar surface area (TPSA) is 114 Å². The van der Waals surface area contributed by atoms with Crippen molar-refractivity contribution >= 4 is 17.6 Å². The number of hydrazine groups is 1. The summed E-state index contributed by atoms with van der Waals surface area (Å²) in [7, 11) is 0. The maximum Gasteiger partial charge on any atom is 0.402 e. The molecule has 13 heteroatoms. The molecule has 3 atom stereocenters. The van der Waals surface area contributed by atoms with Gasteiger partial charge in [-0.2, -0.15) is 18.4 Å². The van der Waals surface area contributed by atoms with Crippen molar-refractivity contribution in [2.45, 2.75) is 24.8 Å². The number of benzene rings is 1. The van der Waals surface area contributed by atoms with Crippen molar-refractivity contribution in [3.63, 3.8) is 0 Å². The number of nitriles is 1. The highest BCUT2D eigenvalue weighted by Crippen LogP contribution is 2.41. The first kappa shape index (κ1) is 28.5. The van der Waals surface area contributed by atoms with E-state index < -0.39 is 30.1 Å². The zero-order valence-electron chi connectivity index (χ0n) is 22.2. The van der Waals surface area contributed by atoms with Crippen LogP contribution in [0.5, 0.6) is 0 Å². The van der Waals surface area contributed by atoms with Gasteiger partial charge in [0.2, 0.25) is 11.8 Å². The van der Waals surface area contributed by atoms with E-state index in [4.69, 9.17) is 10.00 Å². The highest BCUT2D eigenvalue weighted by Gasteiger charge is 2.54. The second-order valence-electron chi connectivity index (χ2n) is 10.1. The Balaban J connectivity index is 1.15. The number of hydrogen-bond donors (Lipinski definition) is 2. The van der Waals surface area contributed by atoms with Crippen molar-refractivity contribution in [1.29, 1.82) is 5.26 Å². The van der Waals surface area contributed by atoms with E-state index in [1.807, 2.05) is 30.3 Å². The smallest absolute Gasteiger partial charge is 0.375 e. The summed E-state index contributed by atoms with van der Waals surface area (Å²) >= 11 is 0. The van der Waals surface area contributed by atoms with Crippen molar-refractivity contribution < 1.29 is 27.5 Å². The van der Waals surface area contributed by atoms with E-state index in [9.17, 15) is 22.8 Å². The SMILES string of the molecule is N#Cc1ccc(N2CCN(C(=O)/C=C\COC[C@@H]3c4ccccc4CN3C3CNNC(=O)C3C(F)(F)F)CC2)nc1. The van der Waals surface area contributed by atoms with Crippen LogP contribution in [0.25, 0.3) is 0 Å². The van der Waals surface area contributed by atoms with Crippen LogP contribution in [0, 0.1) is 17.2 Å². The number of amides is 2. The molecule has 3 aliphatic rings. The summed E-state index contributed by atoms with van der Waals surface area (Å²) in [5, 5.41) is 8.93. The standard InChI is InChI=1S/C28H30F3N7O3/c29-28(30,31)26-22(16-34-35-27(26)40)38-17-20-4-1-2-5-21(20)23(38)18-41-13-3-6-25(39)37-11-9-36(10-12-37)24-8-7-19(14-32)15-33-24/h1-8,15,22-23,26,34H,9-13,16-18H2,(H,35,40)/b6-3-/t22?,23-,26?/m1/s1. The maximum atomic E-state index is 13.9. The number of anilines is 1. The highest BCUT2D eigenvalue weighted by molar-refractivity contribution is 5.87. The number of pyridine rings is 1. The van der Waals surface area contributed by atoms with Crippen molar-refractivity contribution in [2.24, 2.45) is 5.92 Å². The zero-order chi connectivity index (χ0) is 29.0. The van der Waals surface area contributed by atoms with E-state index in [1.165, 1.54) is 12.3 Å². The van der Waals surface area contributed by atoms with Gasteiger partial charge in [-0.05, 0) is 23.3 Å². The lowest BCUT2D eigenvalue weighted by Gasteiger charge is -2.41. The molecule has 41 heavy (non-hydrogen) atoms. The number of ether oxygens (including phenoxy) is 1. The van der Waals surface area contributed by atoms with Crippen molar-refractivity contribution in [2.75, 3.05) is 50.8 Å². The first-order valence-electron chi connectivity index (χ1n) is 13.3. The summed E-state index contributed by atoms with van der Waals surface area (Å²) in [6, 6.07) is 11.4. The lowest BCUT2D eigenvalue weighted by atomic mass is 9.94. The first-order valence-corrected chi connectivity index (χ1v) is 13.3. The van der Waals surface area contributed by atoms with Gasteiger partial charge in [-0.15, -0.1) is 0 Å². The lowest BCUT2D eigenvalue weighted by Crippen LogP contribution is -2.64. The number of carbonyl (C=O) groups is 2. The summed E-state index contributed by atoms with van der Waals surface area (Å²) in [4.78, 5) is 34.6. The van der Waals surface area contributed by atoms with Crippen LogP contribution in [-0.4, -0.2) is 84.8 Å². The molecule has 0 bridgehead atoms. The van der Waals surface area contributed by atoms with E-state index in [0.717, 1.165) is 16.9 Å². The Hall–Kier alpha value is -3.99. The van der Waals surface area contributed by atoms with Crippen LogP contribution in [0.15, 0.2) is 54.7 Å². The van der Waals surface area contributed by atoms with E-state index in [1.54, 1.807) is 28.0 Å². The minimum Gasteiger partial charge on any atom is -0.375 e. The molecule has 0 saturated carbocycles. The quantitative estimate of drug-likeness (QED) is 0.384. The number of fused-ring (bicyclic) bond motifs is 1. The second kappa shape index (κ2) is 12.3. The number of piperazine rings is 1. The lowest BCUT2D eigenvalue weighted by molar-refractivity contribution is -0.203. The van der Waals surface area contributed by atoms with Gasteiger partial charge in [0.15, 0.2) is 5.92 Å². The molecular formula is C28H30F3N7O3. The largest absolute Gasteiger partial charge is 0.402 e. The van der Waals surface area contributed by atoms with Crippen LogP contribution in [0.1, 0.15) is 22.7 Å². The van der Waals surface area contributed by atoms with Gasteiger partial charge in [-0.1, -0.05) is 30.3 Å². The van der Waals surface area contributed by atoms with E-state index in [2.05, 4.69) is 20.7 Å². The van der Waals surface area contributed by atoms with Crippen molar-refractivity contribution in [3.05, 3.63) is 71.4 Å². The molecular weight excluding hydrogens is 539 g/mol. The van der Waals surface area contributed by atoms with Crippen LogP contribution in [-0.2, 0) is 20.9 Å². The predicted octanol–water partition coefficient (Wildman–Crippen LogP) is 1.91. The van der Waals surface area contributed by atoms with Gasteiger partial charge in [0.05, 0.1) is 24.8 Å². The molecule has 2 unspecified atom stereocenters. The molecule has 1 aromatic heterocycles. The number of halogens is 3. The Morgan fingerprint density at radius 2 is 1.95 bits per heavy atom. The predicted molar refractivity (Wildman–Crippen MR) is 142 cm³/mol. The molecule has 1 aromatic carbocycles. The third-order valence-electron chi connectivity index (χ3n) is 7.68. The molecule has 2 saturated heterocycles. The van der Waals surface area contributed by atoms with Gasteiger partial charge >= 0.3 is 6.18 Å². The van der Waals surface area contributed by atoms with E-state index in [-0.39, 0.29) is 32.2 Å². The fourth-order valence-electron chi connectivity index (χ4n) is 5.61. The maximum absolute atomic E-state index is 13.9. The Morgan fingerprint density at radius 3 is 2.66 bits per heavy atom.